The number of pyridine rings is 1. The highest BCUT2D eigenvalue weighted by Gasteiger charge is 1.99. The van der Waals surface area contributed by atoms with Crippen LogP contribution in [0.5, 0.6) is 0 Å². The second kappa shape index (κ2) is 4.88. The first-order chi connectivity index (χ1) is 5.83. The van der Waals surface area contributed by atoms with E-state index >= 15 is 0 Å². The third-order valence-corrected chi connectivity index (χ3v) is 2.02. The summed E-state index contributed by atoms with van der Waals surface area (Å²) in [4.78, 5) is 4.24. The summed E-state index contributed by atoms with van der Waals surface area (Å²) in [6, 6.07) is 6.02. The fourth-order valence-corrected chi connectivity index (χ4v) is 1.06. The van der Waals surface area contributed by atoms with Gasteiger partial charge in [-0.15, -0.1) is 0 Å². The first-order valence-electron chi connectivity index (χ1n) is 4.43. The topological polar surface area (TPSA) is 38.9 Å². The second-order valence-electron chi connectivity index (χ2n) is 3.20. The lowest BCUT2D eigenvalue weighted by atomic mass is 10.0. The first-order valence-corrected chi connectivity index (χ1v) is 4.43. The summed E-state index contributed by atoms with van der Waals surface area (Å²) in [5, 5.41) is 0. The maximum absolute atomic E-state index is 5.52. The second-order valence-corrected chi connectivity index (χ2v) is 3.20. The Kier molecular flexibility index (Phi) is 3.74. The predicted molar refractivity (Wildman–Crippen MR) is 50.8 cm³/mol. The van der Waals surface area contributed by atoms with Gasteiger partial charge in [-0.05, 0) is 37.4 Å². The van der Waals surface area contributed by atoms with Crippen molar-refractivity contribution < 1.29 is 0 Å². The van der Waals surface area contributed by atoms with E-state index in [1.54, 1.807) is 0 Å². The minimum Gasteiger partial charge on any atom is -0.330 e. The van der Waals surface area contributed by atoms with Crippen molar-refractivity contribution in [3.63, 3.8) is 0 Å². The molecule has 0 aromatic carbocycles. The van der Waals surface area contributed by atoms with Crippen LogP contribution in [0.4, 0.5) is 0 Å². The van der Waals surface area contributed by atoms with Gasteiger partial charge in [-0.2, -0.15) is 0 Å². The van der Waals surface area contributed by atoms with Gasteiger partial charge in [0.05, 0.1) is 0 Å². The van der Waals surface area contributed by atoms with Crippen LogP contribution in [-0.2, 0) is 6.42 Å². The van der Waals surface area contributed by atoms with Gasteiger partial charge in [-0.25, -0.2) is 0 Å². The van der Waals surface area contributed by atoms with Crippen molar-refractivity contribution in [2.45, 2.75) is 19.8 Å². The number of rotatable bonds is 4. The zero-order valence-corrected chi connectivity index (χ0v) is 7.53. The summed E-state index contributed by atoms with van der Waals surface area (Å²) in [7, 11) is 0. The number of nitrogens with zero attached hydrogens (tertiary/aromatic N) is 1. The highest BCUT2D eigenvalue weighted by molar-refractivity contribution is 5.03. The number of nitrogens with two attached hydrogens (primary N) is 1. The summed E-state index contributed by atoms with van der Waals surface area (Å²) in [6.07, 6.45) is 4.01. The van der Waals surface area contributed by atoms with Crippen LogP contribution in [0.25, 0.3) is 0 Å². The molecule has 0 aliphatic carbocycles. The molecule has 1 aromatic heterocycles. The summed E-state index contributed by atoms with van der Waals surface area (Å²) in [6.45, 7) is 2.94. The van der Waals surface area contributed by atoms with E-state index in [0.29, 0.717) is 5.92 Å². The molecule has 0 aliphatic heterocycles. The minimum absolute atomic E-state index is 0.604. The van der Waals surface area contributed by atoms with Crippen LogP contribution in [0.3, 0.4) is 0 Å². The van der Waals surface area contributed by atoms with E-state index in [-0.39, 0.29) is 0 Å². The van der Waals surface area contributed by atoms with E-state index in [0.717, 1.165) is 25.1 Å². The maximum Gasteiger partial charge on any atom is 0.0403 e. The molecule has 1 aromatic rings. The predicted octanol–water partition coefficient (Wildman–Crippen LogP) is 1.61. The van der Waals surface area contributed by atoms with Crippen LogP contribution in [0, 0.1) is 5.92 Å². The monoisotopic (exact) mass is 164 g/mol. The number of aromatic nitrogens is 1. The van der Waals surface area contributed by atoms with E-state index in [4.69, 9.17) is 5.73 Å². The number of aryl methyl sites for hydroxylation is 1. The fraction of sp³-hybridized carbons (Fsp3) is 0.500. The van der Waals surface area contributed by atoms with Crippen molar-refractivity contribution >= 4 is 0 Å². The zero-order valence-electron chi connectivity index (χ0n) is 7.53. The smallest absolute Gasteiger partial charge is 0.0403 e. The molecule has 0 spiro atoms. The van der Waals surface area contributed by atoms with Crippen molar-refractivity contribution in [2.75, 3.05) is 6.54 Å². The molecule has 1 rings (SSSR count). The molecule has 1 heterocycles. The van der Waals surface area contributed by atoms with Crippen molar-refractivity contribution in [3.05, 3.63) is 30.1 Å². The first kappa shape index (κ1) is 9.20. The van der Waals surface area contributed by atoms with Crippen molar-refractivity contribution in [1.29, 1.82) is 0 Å². The Hall–Kier alpha value is -0.890. The van der Waals surface area contributed by atoms with Gasteiger partial charge in [0.25, 0.3) is 0 Å². The summed E-state index contributed by atoms with van der Waals surface area (Å²) < 4.78 is 0. The Bertz CT molecular complexity index is 208. The van der Waals surface area contributed by atoms with Crippen LogP contribution < -0.4 is 5.73 Å². The van der Waals surface area contributed by atoms with Crippen LogP contribution in [0.2, 0.25) is 0 Å². The van der Waals surface area contributed by atoms with Gasteiger partial charge < -0.3 is 5.73 Å². The van der Waals surface area contributed by atoms with Gasteiger partial charge in [0, 0.05) is 11.9 Å². The molecule has 0 amide bonds. The lowest BCUT2D eigenvalue weighted by molar-refractivity contribution is 0.541. The van der Waals surface area contributed by atoms with Crippen molar-refractivity contribution in [1.82, 2.24) is 4.98 Å². The molecule has 0 aliphatic rings. The quantitative estimate of drug-likeness (QED) is 0.734. The van der Waals surface area contributed by atoms with E-state index in [1.807, 2.05) is 18.3 Å². The molecule has 0 bridgehead atoms. The van der Waals surface area contributed by atoms with E-state index in [9.17, 15) is 0 Å². The van der Waals surface area contributed by atoms with Gasteiger partial charge in [-0.1, -0.05) is 13.0 Å². The molecule has 0 fully saturated rings. The fourth-order valence-electron chi connectivity index (χ4n) is 1.06. The maximum atomic E-state index is 5.52. The van der Waals surface area contributed by atoms with Crippen LogP contribution in [0.1, 0.15) is 19.0 Å². The Balaban J connectivity index is 2.33. The van der Waals surface area contributed by atoms with Gasteiger partial charge in [0.1, 0.15) is 0 Å². The molecule has 1 atom stereocenters. The Labute approximate surface area is 73.8 Å². The highest BCUT2D eigenvalue weighted by Crippen LogP contribution is 2.05. The van der Waals surface area contributed by atoms with Crippen molar-refractivity contribution in [3.8, 4) is 0 Å². The van der Waals surface area contributed by atoms with Crippen LogP contribution >= 0.6 is 0 Å². The van der Waals surface area contributed by atoms with Crippen molar-refractivity contribution in [2.24, 2.45) is 11.7 Å². The lowest BCUT2D eigenvalue weighted by Gasteiger charge is -2.06. The number of hydrogen-bond donors (Lipinski definition) is 1. The molecular weight excluding hydrogens is 148 g/mol. The SMILES string of the molecule is CC(CN)CCc1ccccn1. The van der Waals surface area contributed by atoms with E-state index in [2.05, 4.69) is 18.0 Å². The average molecular weight is 164 g/mol. The van der Waals surface area contributed by atoms with E-state index < -0.39 is 0 Å². The molecule has 0 radical (unpaired) electrons. The Morgan fingerprint density at radius 3 is 2.92 bits per heavy atom. The molecule has 2 heteroatoms. The molecule has 66 valence electrons. The largest absolute Gasteiger partial charge is 0.330 e. The summed E-state index contributed by atoms with van der Waals surface area (Å²) in [5.74, 6) is 0.604. The molecule has 12 heavy (non-hydrogen) atoms. The summed E-state index contributed by atoms with van der Waals surface area (Å²) in [5.41, 5.74) is 6.68. The average Bonchev–Trinajstić information content (AvgIpc) is 2.16. The lowest BCUT2D eigenvalue weighted by Crippen LogP contribution is -2.11. The van der Waals surface area contributed by atoms with Crippen LogP contribution in [-0.4, -0.2) is 11.5 Å². The standard InChI is InChI=1S/C10H16N2/c1-9(8-11)5-6-10-4-2-3-7-12-10/h2-4,7,9H,5-6,8,11H2,1H3. The third kappa shape index (κ3) is 3.01. The number of hydrogen-bond acceptors (Lipinski definition) is 2. The van der Waals surface area contributed by atoms with Crippen LogP contribution in [0.15, 0.2) is 24.4 Å². The van der Waals surface area contributed by atoms with Gasteiger partial charge >= 0.3 is 0 Å². The van der Waals surface area contributed by atoms with E-state index in [1.165, 1.54) is 0 Å². The molecule has 0 saturated heterocycles. The Morgan fingerprint density at radius 2 is 2.33 bits per heavy atom. The molecular formula is C10H16N2. The normalized spacial score (nSPS) is 12.8. The molecule has 0 saturated carbocycles. The highest BCUT2D eigenvalue weighted by atomic mass is 14.7. The van der Waals surface area contributed by atoms with Gasteiger partial charge in [-0.3, -0.25) is 4.98 Å². The van der Waals surface area contributed by atoms with Gasteiger partial charge in [0.2, 0.25) is 0 Å². The third-order valence-electron chi connectivity index (χ3n) is 2.02. The molecule has 2 nitrogen and oxygen atoms in total. The molecule has 1 unspecified atom stereocenters. The molecule has 2 N–H and O–H groups in total. The zero-order chi connectivity index (χ0) is 8.81. The summed E-state index contributed by atoms with van der Waals surface area (Å²) >= 11 is 0. The minimum atomic E-state index is 0.604. The van der Waals surface area contributed by atoms with Gasteiger partial charge in [0.15, 0.2) is 0 Å². The Morgan fingerprint density at radius 1 is 1.50 bits per heavy atom.